The molecule has 28 heavy (non-hydrogen) atoms. The minimum absolute atomic E-state index is 0.0388. The summed E-state index contributed by atoms with van der Waals surface area (Å²) in [7, 11) is 0. The molecule has 0 fully saturated rings. The molecule has 0 saturated carbocycles. The summed E-state index contributed by atoms with van der Waals surface area (Å²) in [4.78, 5) is 32.6. The summed E-state index contributed by atoms with van der Waals surface area (Å²) in [6, 6.07) is 3.61. The van der Waals surface area contributed by atoms with Gasteiger partial charge in [-0.2, -0.15) is 0 Å². The molecule has 0 unspecified atom stereocenters. The molecule has 0 saturated heterocycles. The number of aryl methyl sites for hydroxylation is 2. The molecule has 0 radical (unpaired) electrons. The van der Waals surface area contributed by atoms with Gasteiger partial charge in [0.1, 0.15) is 10.6 Å². The van der Waals surface area contributed by atoms with Crippen molar-refractivity contribution in [3.05, 3.63) is 45.0 Å². The molecular formula is C20H23N3O3S2. The lowest BCUT2D eigenvalue weighted by molar-refractivity contribution is -0.120. The van der Waals surface area contributed by atoms with E-state index in [-0.39, 0.29) is 16.7 Å². The third kappa shape index (κ3) is 3.63. The third-order valence-electron chi connectivity index (χ3n) is 4.91. The second-order valence-corrected chi connectivity index (χ2v) is 9.34. The van der Waals surface area contributed by atoms with Crippen molar-refractivity contribution in [3.63, 3.8) is 0 Å². The molecule has 3 aromatic heterocycles. The minimum Gasteiger partial charge on any atom is -0.467 e. The van der Waals surface area contributed by atoms with E-state index < -0.39 is 0 Å². The van der Waals surface area contributed by atoms with Crippen LogP contribution >= 0.6 is 23.1 Å². The van der Waals surface area contributed by atoms with E-state index in [0.717, 1.165) is 35.9 Å². The van der Waals surface area contributed by atoms with Gasteiger partial charge in [-0.05, 0) is 50.3 Å². The zero-order valence-corrected chi connectivity index (χ0v) is 17.6. The molecule has 148 valence electrons. The largest absolute Gasteiger partial charge is 0.467 e. The monoisotopic (exact) mass is 417 g/mol. The Morgan fingerprint density at radius 2 is 2.32 bits per heavy atom. The first-order valence-corrected chi connectivity index (χ1v) is 11.3. The van der Waals surface area contributed by atoms with Crippen LogP contribution in [0.1, 0.15) is 42.9 Å². The number of nitrogens with one attached hydrogen (secondary N) is 1. The number of fused-ring (bicyclic) bond motifs is 3. The van der Waals surface area contributed by atoms with Crippen molar-refractivity contribution in [2.24, 2.45) is 0 Å². The van der Waals surface area contributed by atoms with Gasteiger partial charge in [0.25, 0.3) is 5.56 Å². The number of amides is 1. The van der Waals surface area contributed by atoms with Crippen molar-refractivity contribution < 1.29 is 9.21 Å². The van der Waals surface area contributed by atoms with Crippen molar-refractivity contribution >= 4 is 39.2 Å². The summed E-state index contributed by atoms with van der Waals surface area (Å²) in [5, 5.41) is 3.93. The average Bonchev–Trinajstić information content (AvgIpc) is 3.39. The minimum atomic E-state index is -0.366. The van der Waals surface area contributed by atoms with Crippen molar-refractivity contribution in [3.8, 4) is 0 Å². The van der Waals surface area contributed by atoms with Crippen molar-refractivity contribution in [2.75, 3.05) is 0 Å². The maximum absolute atomic E-state index is 13.2. The molecule has 1 aliphatic rings. The lowest BCUT2D eigenvalue weighted by Crippen LogP contribution is -2.31. The van der Waals surface area contributed by atoms with Crippen LogP contribution in [0.15, 0.2) is 32.8 Å². The summed E-state index contributed by atoms with van der Waals surface area (Å²) >= 11 is 2.98. The molecule has 6 nitrogen and oxygen atoms in total. The van der Waals surface area contributed by atoms with Gasteiger partial charge in [-0.15, -0.1) is 11.3 Å². The number of rotatable bonds is 7. The first-order valence-electron chi connectivity index (χ1n) is 9.60. The van der Waals surface area contributed by atoms with Crippen LogP contribution in [-0.2, 0) is 30.7 Å². The second kappa shape index (κ2) is 8.13. The molecule has 1 aliphatic carbocycles. The van der Waals surface area contributed by atoms with Crippen LogP contribution in [0.3, 0.4) is 0 Å². The van der Waals surface area contributed by atoms with Gasteiger partial charge >= 0.3 is 0 Å². The maximum atomic E-state index is 13.2. The van der Waals surface area contributed by atoms with Crippen LogP contribution in [0.2, 0.25) is 0 Å². The van der Waals surface area contributed by atoms with Crippen molar-refractivity contribution in [1.82, 2.24) is 14.9 Å². The highest BCUT2D eigenvalue weighted by Crippen LogP contribution is 2.36. The Bertz CT molecular complexity index is 1050. The fourth-order valence-corrected chi connectivity index (χ4v) is 5.77. The van der Waals surface area contributed by atoms with E-state index >= 15 is 0 Å². The second-order valence-electron chi connectivity index (χ2n) is 6.95. The fraction of sp³-hybridized carbons (Fsp3) is 0.450. The summed E-state index contributed by atoms with van der Waals surface area (Å²) < 4.78 is 6.99. The van der Waals surface area contributed by atoms with Gasteiger partial charge in [-0.3, -0.25) is 14.2 Å². The highest BCUT2D eigenvalue weighted by Gasteiger charge is 2.25. The van der Waals surface area contributed by atoms with Gasteiger partial charge < -0.3 is 9.73 Å². The topological polar surface area (TPSA) is 77.1 Å². The molecule has 1 atom stereocenters. The van der Waals surface area contributed by atoms with Crippen LogP contribution < -0.4 is 10.9 Å². The van der Waals surface area contributed by atoms with Crippen LogP contribution in [0, 0.1) is 0 Å². The molecule has 0 spiro atoms. The summed E-state index contributed by atoms with van der Waals surface area (Å²) in [5.41, 5.74) is 1.24. The highest BCUT2D eigenvalue weighted by atomic mass is 32.2. The molecule has 3 aromatic rings. The van der Waals surface area contributed by atoms with Gasteiger partial charge in [0.05, 0.1) is 23.4 Å². The molecule has 0 bridgehead atoms. The standard InChI is InChI=1S/C20H23N3O3S2/c1-3-9-23-19(25)16-14-7-4-8-15(14)28-18(16)22-20(23)27-12(2)17(24)21-11-13-6-5-10-26-13/h5-6,10,12H,3-4,7-9,11H2,1-2H3,(H,21,24)/t12-/m1/s1. The normalized spacial score (nSPS) is 14.4. The van der Waals surface area contributed by atoms with Crippen molar-refractivity contribution in [1.29, 1.82) is 0 Å². The van der Waals surface area contributed by atoms with Crippen LogP contribution in [0.25, 0.3) is 10.2 Å². The number of hydrogen-bond donors (Lipinski definition) is 1. The zero-order chi connectivity index (χ0) is 19.7. The number of aromatic nitrogens is 2. The average molecular weight is 418 g/mol. The maximum Gasteiger partial charge on any atom is 0.263 e. The first-order chi connectivity index (χ1) is 13.6. The first kappa shape index (κ1) is 19.3. The zero-order valence-electron chi connectivity index (χ0n) is 16.0. The lowest BCUT2D eigenvalue weighted by atomic mass is 10.2. The fourth-order valence-electron chi connectivity index (χ4n) is 3.51. The summed E-state index contributed by atoms with van der Waals surface area (Å²) in [5.74, 6) is 0.605. The van der Waals surface area contributed by atoms with Crippen LogP contribution in [0.4, 0.5) is 0 Å². The molecule has 1 amide bonds. The van der Waals surface area contributed by atoms with Crippen LogP contribution in [-0.4, -0.2) is 20.7 Å². The Kier molecular flexibility index (Phi) is 5.59. The van der Waals surface area contributed by atoms with Crippen molar-refractivity contribution in [2.45, 2.75) is 63.0 Å². The Hall–Kier alpha value is -2.06. The van der Waals surface area contributed by atoms with Gasteiger partial charge in [0, 0.05) is 11.4 Å². The Morgan fingerprint density at radius 1 is 1.46 bits per heavy atom. The van der Waals surface area contributed by atoms with E-state index in [9.17, 15) is 9.59 Å². The molecule has 1 N–H and O–H groups in total. The molecule has 4 rings (SSSR count). The molecular weight excluding hydrogens is 394 g/mol. The highest BCUT2D eigenvalue weighted by molar-refractivity contribution is 8.00. The number of hydrogen-bond acceptors (Lipinski definition) is 6. The number of furan rings is 1. The predicted molar refractivity (Wildman–Crippen MR) is 112 cm³/mol. The van der Waals surface area contributed by atoms with Gasteiger partial charge in [0.15, 0.2) is 5.16 Å². The third-order valence-corrected chi connectivity index (χ3v) is 7.18. The molecule has 8 heteroatoms. The van der Waals surface area contributed by atoms with E-state index in [4.69, 9.17) is 9.40 Å². The van der Waals surface area contributed by atoms with E-state index in [1.165, 1.54) is 22.2 Å². The Morgan fingerprint density at radius 3 is 3.07 bits per heavy atom. The van der Waals surface area contributed by atoms with Gasteiger partial charge in [-0.25, -0.2) is 4.98 Å². The SMILES string of the molecule is CCCn1c(S[C@H](C)C(=O)NCc2ccco2)nc2sc3c(c2c1=O)CCC3. The lowest BCUT2D eigenvalue weighted by Gasteiger charge is -2.15. The van der Waals surface area contributed by atoms with E-state index in [0.29, 0.717) is 24.0 Å². The quantitative estimate of drug-likeness (QED) is 0.468. The van der Waals surface area contributed by atoms with E-state index in [1.54, 1.807) is 28.2 Å². The van der Waals surface area contributed by atoms with Gasteiger partial charge in [0.2, 0.25) is 5.91 Å². The summed E-state index contributed by atoms with van der Waals surface area (Å²) in [6.45, 7) is 4.84. The number of thiophene rings is 1. The number of nitrogens with zero attached hydrogens (tertiary/aromatic N) is 2. The van der Waals surface area contributed by atoms with Crippen LogP contribution in [0.5, 0.6) is 0 Å². The number of thioether (sulfide) groups is 1. The number of carbonyl (C=O) groups is 1. The molecule has 3 heterocycles. The van der Waals surface area contributed by atoms with E-state index in [1.807, 2.05) is 19.9 Å². The van der Waals surface area contributed by atoms with Gasteiger partial charge in [-0.1, -0.05) is 18.7 Å². The molecule has 0 aromatic carbocycles. The number of carbonyl (C=O) groups excluding carboxylic acids is 1. The predicted octanol–water partition coefficient (Wildman–Crippen LogP) is 3.75. The smallest absolute Gasteiger partial charge is 0.263 e. The summed E-state index contributed by atoms with van der Waals surface area (Å²) in [6.07, 6.45) is 5.55. The Labute approximate surface area is 171 Å². The van der Waals surface area contributed by atoms with E-state index in [2.05, 4.69) is 5.32 Å². The Balaban J connectivity index is 1.59. The molecule has 0 aliphatic heterocycles.